The van der Waals surface area contributed by atoms with Gasteiger partial charge >= 0.3 is 0 Å². The molecule has 2 fully saturated rings. The van der Waals surface area contributed by atoms with Crippen molar-refractivity contribution in [2.75, 3.05) is 50.7 Å². The van der Waals surface area contributed by atoms with Crippen molar-refractivity contribution in [3.05, 3.63) is 29.3 Å². The van der Waals surface area contributed by atoms with Gasteiger partial charge in [-0.3, -0.25) is 9.69 Å². The highest BCUT2D eigenvalue weighted by molar-refractivity contribution is 6.30. The molecule has 0 aromatic heterocycles. The number of amides is 1. The van der Waals surface area contributed by atoms with Gasteiger partial charge in [0.15, 0.2) is 0 Å². The summed E-state index contributed by atoms with van der Waals surface area (Å²) in [6.45, 7) is 7.20. The number of carbonyl (C=O) groups excluding carboxylic acids is 1. The number of nitrogens with zero attached hydrogens (tertiary/aromatic N) is 3. The lowest BCUT2D eigenvalue weighted by molar-refractivity contribution is -0.125. The van der Waals surface area contributed by atoms with Gasteiger partial charge in [0.25, 0.3) is 0 Å². The Bertz CT molecular complexity index is 479. The summed E-state index contributed by atoms with van der Waals surface area (Å²) in [6, 6.07) is 8.06. The number of halogens is 1. The number of rotatable bonds is 5. The molecule has 114 valence electrons. The van der Waals surface area contributed by atoms with E-state index in [1.807, 2.05) is 17.0 Å². The zero-order chi connectivity index (χ0) is 14.7. The minimum Gasteiger partial charge on any atom is -0.369 e. The van der Waals surface area contributed by atoms with Crippen LogP contribution in [0.25, 0.3) is 0 Å². The molecule has 3 rings (SSSR count). The van der Waals surface area contributed by atoms with Gasteiger partial charge in [-0.2, -0.15) is 0 Å². The molecular formula is C16H22ClN3O. The average Bonchev–Trinajstić information content (AvgIpc) is 3.33. The summed E-state index contributed by atoms with van der Waals surface area (Å²) in [5.74, 6) is 0.329. The van der Waals surface area contributed by atoms with Crippen LogP contribution in [0.5, 0.6) is 0 Å². The third-order valence-corrected chi connectivity index (χ3v) is 4.48. The fourth-order valence-corrected chi connectivity index (χ4v) is 2.92. The van der Waals surface area contributed by atoms with Crippen LogP contribution >= 0.6 is 11.6 Å². The fraction of sp³-hybridized carbons (Fsp3) is 0.562. The van der Waals surface area contributed by atoms with Gasteiger partial charge in [0.2, 0.25) is 5.91 Å². The SMILES string of the molecule is O=C(CCCN1CCN(c2ccc(Cl)cc2)CC1)N1CC1. The van der Waals surface area contributed by atoms with E-state index in [0.717, 1.165) is 57.3 Å². The van der Waals surface area contributed by atoms with Crippen molar-refractivity contribution in [2.24, 2.45) is 0 Å². The van der Waals surface area contributed by atoms with E-state index in [4.69, 9.17) is 11.6 Å². The molecule has 21 heavy (non-hydrogen) atoms. The minimum absolute atomic E-state index is 0.329. The fourth-order valence-electron chi connectivity index (χ4n) is 2.79. The van der Waals surface area contributed by atoms with Crippen LogP contribution in [0, 0.1) is 0 Å². The molecule has 4 nitrogen and oxygen atoms in total. The third kappa shape index (κ3) is 4.11. The Kier molecular flexibility index (Phi) is 4.66. The van der Waals surface area contributed by atoms with Gasteiger partial charge in [0.05, 0.1) is 0 Å². The van der Waals surface area contributed by atoms with Crippen LogP contribution in [0.1, 0.15) is 12.8 Å². The second kappa shape index (κ2) is 6.67. The van der Waals surface area contributed by atoms with Gasteiger partial charge < -0.3 is 9.80 Å². The first-order valence-corrected chi connectivity index (χ1v) is 8.11. The molecule has 5 heteroatoms. The lowest BCUT2D eigenvalue weighted by Crippen LogP contribution is -2.46. The van der Waals surface area contributed by atoms with Crippen LogP contribution in [-0.2, 0) is 4.79 Å². The summed E-state index contributed by atoms with van der Waals surface area (Å²) >= 11 is 5.93. The predicted molar refractivity (Wildman–Crippen MR) is 85.9 cm³/mol. The van der Waals surface area contributed by atoms with Gasteiger partial charge in [-0.1, -0.05) is 11.6 Å². The van der Waals surface area contributed by atoms with E-state index in [-0.39, 0.29) is 0 Å². The molecule has 0 unspecified atom stereocenters. The first-order chi connectivity index (χ1) is 10.2. The smallest absolute Gasteiger partial charge is 0.222 e. The average molecular weight is 308 g/mol. The molecular weight excluding hydrogens is 286 g/mol. The second-order valence-electron chi connectivity index (χ2n) is 5.79. The Labute approximate surface area is 131 Å². The number of hydrogen-bond acceptors (Lipinski definition) is 3. The van der Waals surface area contributed by atoms with Crippen molar-refractivity contribution < 1.29 is 4.79 Å². The molecule has 0 bridgehead atoms. The van der Waals surface area contributed by atoms with Crippen LogP contribution in [-0.4, -0.2) is 61.5 Å². The van der Waals surface area contributed by atoms with Gasteiger partial charge in [0.1, 0.15) is 0 Å². The normalized spacial score (nSPS) is 18.9. The molecule has 0 radical (unpaired) electrons. The first-order valence-electron chi connectivity index (χ1n) is 7.73. The molecule has 1 aromatic rings. The molecule has 1 aromatic carbocycles. The van der Waals surface area contributed by atoms with Crippen molar-refractivity contribution in [3.63, 3.8) is 0 Å². The summed E-state index contributed by atoms with van der Waals surface area (Å²) in [5.41, 5.74) is 1.25. The molecule has 2 saturated heterocycles. The van der Waals surface area contributed by atoms with Crippen molar-refractivity contribution >= 4 is 23.2 Å². The van der Waals surface area contributed by atoms with Crippen LogP contribution < -0.4 is 4.90 Å². The standard InChI is InChI=1S/C16H22ClN3O/c17-14-3-5-15(6-4-14)19-10-8-18(9-11-19)7-1-2-16(21)20-12-13-20/h3-6H,1-2,7-13H2. The van der Waals surface area contributed by atoms with Gasteiger partial charge in [0, 0.05) is 56.4 Å². The van der Waals surface area contributed by atoms with E-state index >= 15 is 0 Å². The van der Waals surface area contributed by atoms with Gasteiger partial charge in [-0.15, -0.1) is 0 Å². The third-order valence-electron chi connectivity index (χ3n) is 4.23. The summed E-state index contributed by atoms with van der Waals surface area (Å²) in [5, 5.41) is 0.786. The van der Waals surface area contributed by atoms with Gasteiger partial charge in [-0.05, 0) is 37.2 Å². The Balaban J connectivity index is 1.38. The zero-order valence-electron chi connectivity index (χ0n) is 12.3. The maximum Gasteiger partial charge on any atom is 0.222 e. The number of benzene rings is 1. The molecule has 0 atom stereocenters. The molecule has 0 N–H and O–H groups in total. The van der Waals surface area contributed by atoms with Crippen molar-refractivity contribution in [1.82, 2.24) is 9.80 Å². The molecule has 2 aliphatic rings. The van der Waals surface area contributed by atoms with E-state index in [1.54, 1.807) is 0 Å². The second-order valence-corrected chi connectivity index (χ2v) is 6.23. The maximum absolute atomic E-state index is 11.6. The van der Waals surface area contributed by atoms with Crippen molar-refractivity contribution in [2.45, 2.75) is 12.8 Å². The van der Waals surface area contributed by atoms with Gasteiger partial charge in [-0.25, -0.2) is 0 Å². The van der Waals surface area contributed by atoms with E-state index in [0.29, 0.717) is 12.3 Å². The van der Waals surface area contributed by atoms with Crippen LogP contribution in [0.15, 0.2) is 24.3 Å². The Hall–Kier alpha value is -1.26. The highest BCUT2D eigenvalue weighted by Crippen LogP contribution is 2.19. The summed E-state index contributed by atoms with van der Waals surface area (Å²) in [7, 11) is 0. The van der Waals surface area contributed by atoms with Crippen LogP contribution in [0.4, 0.5) is 5.69 Å². The molecule has 0 spiro atoms. The zero-order valence-corrected chi connectivity index (χ0v) is 13.1. The highest BCUT2D eigenvalue weighted by Gasteiger charge is 2.23. The quantitative estimate of drug-likeness (QED) is 0.779. The lowest BCUT2D eigenvalue weighted by atomic mass is 10.2. The van der Waals surface area contributed by atoms with Crippen LogP contribution in [0.3, 0.4) is 0 Å². The molecule has 2 heterocycles. The van der Waals surface area contributed by atoms with Crippen molar-refractivity contribution in [3.8, 4) is 0 Å². The molecule has 1 amide bonds. The first kappa shape index (κ1) is 14.7. The van der Waals surface area contributed by atoms with E-state index in [9.17, 15) is 4.79 Å². The van der Waals surface area contributed by atoms with E-state index in [1.165, 1.54) is 5.69 Å². The molecule has 0 saturated carbocycles. The van der Waals surface area contributed by atoms with Crippen molar-refractivity contribution in [1.29, 1.82) is 0 Å². The molecule has 0 aliphatic carbocycles. The minimum atomic E-state index is 0.329. The number of anilines is 1. The Morgan fingerprint density at radius 3 is 2.29 bits per heavy atom. The topological polar surface area (TPSA) is 26.6 Å². The van der Waals surface area contributed by atoms with E-state index in [2.05, 4.69) is 21.9 Å². The number of carbonyl (C=O) groups is 1. The van der Waals surface area contributed by atoms with Crippen LogP contribution in [0.2, 0.25) is 5.02 Å². The van der Waals surface area contributed by atoms with E-state index < -0.39 is 0 Å². The lowest BCUT2D eigenvalue weighted by Gasteiger charge is -2.36. The maximum atomic E-state index is 11.6. The number of piperazine rings is 1. The monoisotopic (exact) mass is 307 g/mol. The number of hydrogen-bond donors (Lipinski definition) is 0. The largest absolute Gasteiger partial charge is 0.369 e. The predicted octanol–water partition coefficient (Wildman–Crippen LogP) is 2.08. The Morgan fingerprint density at radius 1 is 1.00 bits per heavy atom. The molecule has 2 aliphatic heterocycles. The Morgan fingerprint density at radius 2 is 1.67 bits per heavy atom. The summed E-state index contributed by atoms with van der Waals surface area (Å²) in [4.78, 5) is 18.4. The summed E-state index contributed by atoms with van der Waals surface area (Å²) < 4.78 is 0. The highest BCUT2D eigenvalue weighted by atomic mass is 35.5. The summed E-state index contributed by atoms with van der Waals surface area (Å²) in [6.07, 6.45) is 1.69.